The summed E-state index contributed by atoms with van der Waals surface area (Å²) < 4.78 is 38.4. The number of carbonyl (C=O) groups is 1. The van der Waals surface area contributed by atoms with E-state index in [2.05, 4.69) is 10.3 Å². The smallest absolute Gasteiger partial charge is 0.350 e. The van der Waals surface area contributed by atoms with Gasteiger partial charge in [-0.3, -0.25) is 4.79 Å². The molecule has 8 heteroatoms. The van der Waals surface area contributed by atoms with Gasteiger partial charge in [0.05, 0.1) is 10.6 Å². The second-order valence-corrected chi connectivity index (χ2v) is 6.62. The Morgan fingerprint density at radius 1 is 1.37 bits per heavy atom. The second-order valence-electron chi connectivity index (χ2n) is 6.22. The largest absolute Gasteiger partial charge is 0.417 e. The number of benzene rings is 1. The number of hydrogen-bond acceptors (Lipinski definition) is 3. The molecule has 0 fully saturated rings. The fraction of sp³-hybridized carbons (Fsp3) is 0.263. The van der Waals surface area contributed by atoms with Crippen molar-refractivity contribution in [2.24, 2.45) is 0 Å². The number of halogens is 4. The van der Waals surface area contributed by atoms with Gasteiger partial charge in [-0.15, -0.1) is 0 Å². The maximum Gasteiger partial charge on any atom is 0.417 e. The first-order valence-electron chi connectivity index (χ1n) is 8.27. The molecule has 0 spiro atoms. The minimum Gasteiger partial charge on any atom is -0.350 e. The van der Waals surface area contributed by atoms with Gasteiger partial charge >= 0.3 is 6.18 Å². The Morgan fingerprint density at radius 3 is 2.78 bits per heavy atom. The number of pyridine rings is 1. The van der Waals surface area contributed by atoms with Crippen LogP contribution < -0.4 is 10.2 Å². The van der Waals surface area contributed by atoms with Crippen LogP contribution in [-0.2, 0) is 17.5 Å². The van der Waals surface area contributed by atoms with Crippen LogP contribution in [0.15, 0.2) is 48.8 Å². The molecule has 0 saturated carbocycles. The molecule has 142 valence electrons. The van der Waals surface area contributed by atoms with E-state index in [0.717, 1.165) is 23.4 Å². The summed E-state index contributed by atoms with van der Waals surface area (Å²) in [5.41, 5.74) is 1.13. The normalized spacial score (nSPS) is 16.6. The van der Waals surface area contributed by atoms with Gasteiger partial charge in [0.15, 0.2) is 5.82 Å². The fourth-order valence-corrected chi connectivity index (χ4v) is 3.12. The number of alkyl halides is 3. The van der Waals surface area contributed by atoms with Crippen molar-refractivity contribution in [3.63, 3.8) is 0 Å². The van der Waals surface area contributed by atoms with Crippen LogP contribution in [-0.4, -0.2) is 16.9 Å². The number of rotatable bonds is 4. The highest BCUT2D eigenvalue weighted by molar-refractivity contribution is 6.33. The molecular weight excluding hydrogens is 379 g/mol. The van der Waals surface area contributed by atoms with Crippen molar-refractivity contribution < 1.29 is 18.0 Å². The zero-order chi connectivity index (χ0) is 19.6. The van der Waals surface area contributed by atoms with Crippen molar-refractivity contribution >= 4 is 23.3 Å². The molecule has 2 aromatic rings. The molecular formula is C19H17ClF3N3O. The van der Waals surface area contributed by atoms with Gasteiger partial charge in [-0.25, -0.2) is 4.98 Å². The van der Waals surface area contributed by atoms with Gasteiger partial charge < -0.3 is 10.2 Å². The van der Waals surface area contributed by atoms with Gasteiger partial charge in [0.2, 0.25) is 5.91 Å². The maximum atomic E-state index is 12.8. The van der Waals surface area contributed by atoms with E-state index in [9.17, 15) is 18.0 Å². The van der Waals surface area contributed by atoms with Gasteiger partial charge in [-0.05, 0) is 30.5 Å². The van der Waals surface area contributed by atoms with E-state index in [4.69, 9.17) is 11.6 Å². The van der Waals surface area contributed by atoms with Crippen LogP contribution in [0.25, 0.3) is 0 Å². The first kappa shape index (κ1) is 19.2. The molecule has 0 bridgehead atoms. The highest BCUT2D eigenvalue weighted by Crippen LogP contribution is 2.35. The quantitative estimate of drug-likeness (QED) is 0.830. The maximum absolute atomic E-state index is 12.8. The zero-order valence-corrected chi connectivity index (χ0v) is 15.2. The summed E-state index contributed by atoms with van der Waals surface area (Å²) in [6, 6.07) is 7.89. The number of aromatic nitrogens is 1. The summed E-state index contributed by atoms with van der Waals surface area (Å²) in [6.45, 7) is 2.32. The van der Waals surface area contributed by atoms with E-state index in [0.29, 0.717) is 13.0 Å². The molecule has 1 aliphatic heterocycles. The Kier molecular flexibility index (Phi) is 5.41. The van der Waals surface area contributed by atoms with Crippen molar-refractivity contribution in [1.82, 2.24) is 10.3 Å². The van der Waals surface area contributed by atoms with E-state index >= 15 is 0 Å². The Hall–Kier alpha value is -2.54. The van der Waals surface area contributed by atoms with E-state index in [-0.39, 0.29) is 16.7 Å². The lowest BCUT2D eigenvalue weighted by Crippen LogP contribution is -2.42. The summed E-state index contributed by atoms with van der Waals surface area (Å²) in [5, 5.41) is 2.71. The Morgan fingerprint density at radius 2 is 2.11 bits per heavy atom. The summed E-state index contributed by atoms with van der Waals surface area (Å²) in [4.78, 5) is 17.9. The summed E-state index contributed by atoms with van der Waals surface area (Å²) in [6.07, 6.45) is -0.0260. The molecule has 0 radical (unpaired) electrons. The van der Waals surface area contributed by atoms with E-state index < -0.39 is 17.8 Å². The molecule has 2 heterocycles. The average molecular weight is 396 g/mol. The number of hydrogen-bond donors (Lipinski definition) is 1. The molecule has 0 aliphatic carbocycles. The van der Waals surface area contributed by atoms with E-state index in [1.54, 1.807) is 12.3 Å². The molecule has 1 amide bonds. The number of carbonyl (C=O) groups excluding carboxylic acids is 1. The fourth-order valence-electron chi connectivity index (χ4n) is 2.86. The number of aryl methyl sites for hydroxylation is 1. The van der Waals surface area contributed by atoms with E-state index in [1.807, 2.05) is 31.2 Å². The van der Waals surface area contributed by atoms with Gasteiger partial charge in [0.25, 0.3) is 0 Å². The lowest BCUT2D eigenvalue weighted by molar-refractivity contribution is -0.137. The summed E-state index contributed by atoms with van der Waals surface area (Å²) in [5.74, 6) is -0.129. The third-order valence-corrected chi connectivity index (χ3v) is 4.65. The summed E-state index contributed by atoms with van der Waals surface area (Å²) >= 11 is 6.01. The van der Waals surface area contributed by atoms with Gasteiger partial charge in [0.1, 0.15) is 6.04 Å². The first-order chi connectivity index (χ1) is 12.8. The van der Waals surface area contributed by atoms with Crippen LogP contribution in [0, 0.1) is 6.92 Å². The minimum atomic E-state index is -4.53. The van der Waals surface area contributed by atoms with Crippen molar-refractivity contribution in [2.75, 3.05) is 4.90 Å². The number of nitrogens with one attached hydrogen (secondary N) is 1. The molecule has 0 saturated heterocycles. The molecule has 1 N–H and O–H groups in total. The first-order valence-corrected chi connectivity index (χ1v) is 8.65. The predicted octanol–water partition coefficient (Wildman–Crippen LogP) is 4.47. The third kappa shape index (κ3) is 4.24. The third-order valence-electron chi connectivity index (χ3n) is 4.37. The zero-order valence-electron chi connectivity index (χ0n) is 14.4. The molecule has 1 aromatic heterocycles. The lowest BCUT2D eigenvalue weighted by Gasteiger charge is -2.25. The van der Waals surface area contributed by atoms with Crippen LogP contribution in [0.4, 0.5) is 19.0 Å². The van der Waals surface area contributed by atoms with Crippen molar-refractivity contribution in [3.8, 4) is 0 Å². The molecule has 1 unspecified atom stereocenters. The van der Waals surface area contributed by atoms with Crippen LogP contribution >= 0.6 is 11.6 Å². The highest BCUT2D eigenvalue weighted by Gasteiger charge is 2.34. The number of amides is 1. The predicted molar refractivity (Wildman–Crippen MR) is 97.3 cm³/mol. The van der Waals surface area contributed by atoms with Crippen LogP contribution in [0.1, 0.15) is 23.1 Å². The van der Waals surface area contributed by atoms with Gasteiger partial charge in [-0.1, -0.05) is 41.9 Å². The monoisotopic (exact) mass is 395 g/mol. The molecule has 4 nitrogen and oxygen atoms in total. The van der Waals surface area contributed by atoms with Crippen molar-refractivity contribution in [2.45, 2.75) is 32.1 Å². The summed E-state index contributed by atoms with van der Waals surface area (Å²) in [7, 11) is 0. The van der Waals surface area contributed by atoms with Crippen molar-refractivity contribution in [1.29, 1.82) is 0 Å². The Labute approximate surface area is 159 Å². The average Bonchev–Trinajstić information content (AvgIpc) is 3.09. The van der Waals surface area contributed by atoms with Crippen LogP contribution in [0.2, 0.25) is 5.02 Å². The van der Waals surface area contributed by atoms with Gasteiger partial charge in [-0.2, -0.15) is 13.2 Å². The van der Waals surface area contributed by atoms with Crippen LogP contribution in [0.5, 0.6) is 0 Å². The second kappa shape index (κ2) is 7.60. The minimum absolute atomic E-state index is 0.120. The molecule has 1 atom stereocenters. The standard InChI is InChI=1S/C19H17ClF3N3O/c1-12-5-2-3-6-13(12)10-25-18(27)16-7-4-8-26(16)17-15(20)9-14(11-24-17)19(21,22)23/h2-6,8-9,11,16H,7,10H2,1H3,(H,25,27). The molecule has 27 heavy (non-hydrogen) atoms. The molecule has 1 aliphatic rings. The van der Waals surface area contributed by atoms with Gasteiger partial charge in [0, 0.05) is 18.9 Å². The Balaban J connectivity index is 1.74. The lowest BCUT2D eigenvalue weighted by atomic mass is 10.1. The molecule has 1 aromatic carbocycles. The van der Waals surface area contributed by atoms with E-state index in [1.165, 1.54) is 4.90 Å². The Bertz CT molecular complexity index is 883. The highest BCUT2D eigenvalue weighted by atomic mass is 35.5. The van der Waals surface area contributed by atoms with Crippen LogP contribution in [0.3, 0.4) is 0 Å². The number of nitrogens with zero attached hydrogens (tertiary/aromatic N) is 2. The molecule has 3 rings (SSSR count). The number of anilines is 1. The SMILES string of the molecule is Cc1ccccc1CNC(=O)C1CC=CN1c1ncc(C(F)(F)F)cc1Cl. The topological polar surface area (TPSA) is 45.2 Å². The van der Waals surface area contributed by atoms with Crippen molar-refractivity contribution in [3.05, 3.63) is 70.5 Å².